The largest absolute Gasteiger partial charge is 0.439 e. The smallest absolute Gasteiger partial charge is 0.417 e. The molecule has 9 nitrogen and oxygen atoms in total. The fourth-order valence-corrected chi connectivity index (χ4v) is 5.42. The maximum atomic E-state index is 14.1. The number of hydrogen-bond acceptors (Lipinski definition) is 8. The van der Waals surface area contributed by atoms with Gasteiger partial charge in [0.1, 0.15) is 12.2 Å². The van der Waals surface area contributed by atoms with Gasteiger partial charge >= 0.3 is 6.09 Å². The molecule has 0 radical (unpaired) electrons. The van der Waals surface area contributed by atoms with Crippen LogP contribution in [-0.4, -0.2) is 70.7 Å². The molecule has 2 aliphatic rings. The Labute approximate surface area is 235 Å². The first kappa shape index (κ1) is 29.1. The molecule has 0 bridgehead atoms. The number of nitrogens with zero attached hydrogens (tertiary/aromatic N) is 1. The van der Waals surface area contributed by atoms with Gasteiger partial charge in [-0.25, -0.2) is 9.69 Å². The van der Waals surface area contributed by atoms with E-state index >= 15 is 0 Å². The molecule has 2 heterocycles. The molecule has 4 rings (SSSR count). The summed E-state index contributed by atoms with van der Waals surface area (Å²) >= 11 is 3.25. The summed E-state index contributed by atoms with van der Waals surface area (Å²) in [5.41, 5.74) is 1.52. The van der Waals surface area contributed by atoms with Gasteiger partial charge in [0.2, 0.25) is 5.91 Å². The second kappa shape index (κ2) is 13.0. The highest BCUT2D eigenvalue weighted by molar-refractivity contribution is 9.11. The topological polar surface area (TPSA) is 123 Å². The van der Waals surface area contributed by atoms with Gasteiger partial charge in [0.05, 0.1) is 29.7 Å². The number of carbonyl (C=O) groups is 3. The predicted molar refractivity (Wildman–Crippen MR) is 145 cm³/mol. The summed E-state index contributed by atoms with van der Waals surface area (Å²) in [5, 5.41) is 20.2. The van der Waals surface area contributed by atoms with Crippen LogP contribution in [0.25, 0.3) is 0 Å². The fourth-order valence-electron chi connectivity index (χ4n) is 4.90. The quantitative estimate of drug-likeness (QED) is 0.374. The Balaban J connectivity index is 1.61. The van der Waals surface area contributed by atoms with Crippen molar-refractivity contribution < 1.29 is 38.8 Å². The Kier molecular flexibility index (Phi) is 9.68. The second-order valence-corrected chi connectivity index (χ2v) is 10.5. The van der Waals surface area contributed by atoms with Gasteiger partial charge in [0.25, 0.3) is 0 Å². The van der Waals surface area contributed by atoms with Crippen LogP contribution in [0, 0.1) is 5.92 Å². The summed E-state index contributed by atoms with van der Waals surface area (Å²) in [6.07, 6.45) is -1.03. The van der Waals surface area contributed by atoms with Crippen LogP contribution in [0.2, 0.25) is 0 Å². The number of benzene rings is 2. The Morgan fingerprint density at radius 2 is 1.77 bits per heavy atom. The Hall–Kier alpha value is -2.89. The average molecular weight is 602 g/mol. The van der Waals surface area contributed by atoms with Crippen molar-refractivity contribution in [3.05, 3.63) is 82.3 Å². The molecule has 5 atom stereocenters. The highest BCUT2D eigenvalue weighted by atomic mass is 79.9. The number of aliphatic hydroxyl groups is 2. The van der Waals surface area contributed by atoms with E-state index in [0.29, 0.717) is 6.42 Å². The lowest BCUT2D eigenvalue weighted by molar-refractivity contribution is -0.218. The van der Waals surface area contributed by atoms with Crippen LogP contribution in [0.3, 0.4) is 0 Å². The summed E-state index contributed by atoms with van der Waals surface area (Å²) in [4.78, 5) is 41.3. The number of halogens is 1. The summed E-state index contributed by atoms with van der Waals surface area (Å²) in [5.74, 6) is -4.11. The number of cyclic esters (lactones) is 1. The minimum atomic E-state index is -1.87. The molecule has 0 saturated carbocycles. The molecule has 0 aromatic heterocycles. The number of ketones is 1. The Bertz CT molecular complexity index is 1190. The zero-order chi connectivity index (χ0) is 28.0. The molecule has 5 unspecified atom stereocenters. The van der Waals surface area contributed by atoms with Crippen molar-refractivity contribution in [3.8, 4) is 0 Å². The number of imide groups is 1. The standard InChI is InChI=1S/C29H32BrNO8/c1-19-25(21-11-6-3-7-12-21)38-28(35)31(19)27(34)22(17-20-9-4-2-5-10-20)26-23(33)18-24(30)29(36,39-26)13-8-15-37-16-14-32/h2-7,9-12,18-19,22,25-26,32,36H,8,13-17H2,1H3. The average Bonchev–Trinajstić information content (AvgIpc) is 3.24. The maximum absolute atomic E-state index is 14.1. The minimum absolute atomic E-state index is 0.0732. The summed E-state index contributed by atoms with van der Waals surface area (Å²) in [6, 6.07) is 17.6. The number of carbonyl (C=O) groups excluding carboxylic acids is 3. The molecule has 2 amide bonds. The molecule has 2 aromatic rings. The van der Waals surface area contributed by atoms with Crippen molar-refractivity contribution >= 4 is 33.7 Å². The first-order valence-electron chi connectivity index (χ1n) is 12.9. The summed E-state index contributed by atoms with van der Waals surface area (Å²) < 4.78 is 17.0. The zero-order valence-corrected chi connectivity index (χ0v) is 23.2. The molecule has 0 aliphatic carbocycles. The second-order valence-electron chi connectivity index (χ2n) is 9.62. The number of rotatable bonds is 11. The van der Waals surface area contributed by atoms with E-state index in [1.165, 1.54) is 6.08 Å². The van der Waals surface area contributed by atoms with E-state index in [0.717, 1.165) is 16.0 Å². The molecule has 0 spiro atoms. The number of ether oxygens (including phenoxy) is 3. The van der Waals surface area contributed by atoms with Crippen LogP contribution in [0.4, 0.5) is 4.79 Å². The van der Waals surface area contributed by atoms with Gasteiger partial charge < -0.3 is 24.4 Å². The lowest BCUT2D eigenvalue weighted by Gasteiger charge is -2.38. The fraction of sp³-hybridized carbons (Fsp3) is 0.414. The van der Waals surface area contributed by atoms with Crippen molar-refractivity contribution in [1.82, 2.24) is 4.90 Å². The lowest BCUT2D eigenvalue weighted by Crippen LogP contribution is -2.53. The van der Waals surface area contributed by atoms with E-state index in [1.807, 2.05) is 60.7 Å². The maximum Gasteiger partial charge on any atom is 0.417 e. The van der Waals surface area contributed by atoms with Crippen molar-refractivity contribution in [2.45, 2.75) is 50.2 Å². The Morgan fingerprint density at radius 3 is 2.44 bits per heavy atom. The first-order chi connectivity index (χ1) is 18.7. The van der Waals surface area contributed by atoms with Crippen LogP contribution in [0.15, 0.2) is 71.2 Å². The molecular formula is C29H32BrNO8. The summed E-state index contributed by atoms with van der Waals surface area (Å²) in [6.45, 7) is 2.03. The Morgan fingerprint density at radius 1 is 1.10 bits per heavy atom. The highest BCUT2D eigenvalue weighted by Gasteiger charge is 2.51. The van der Waals surface area contributed by atoms with E-state index in [-0.39, 0.29) is 37.1 Å². The van der Waals surface area contributed by atoms with Crippen molar-refractivity contribution in [2.75, 3.05) is 19.8 Å². The van der Waals surface area contributed by atoms with Gasteiger partial charge in [-0.2, -0.15) is 0 Å². The van der Waals surface area contributed by atoms with Gasteiger partial charge in [-0.15, -0.1) is 0 Å². The normalized spacial score (nSPS) is 25.8. The van der Waals surface area contributed by atoms with Crippen molar-refractivity contribution in [3.63, 3.8) is 0 Å². The van der Waals surface area contributed by atoms with Crippen LogP contribution < -0.4 is 0 Å². The molecule has 39 heavy (non-hydrogen) atoms. The van der Waals surface area contributed by atoms with Gasteiger partial charge in [0, 0.05) is 13.0 Å². The molecule has 208 valence electrons. The molecule has 2 aliphatic heterocycles. The molecule has 1 fully saturated rings. The van der Waals surface area contributed by atoms with E-state index in [1.54, 1.807) is 6.92 Å². The molecule has 1 saturated heterocycles. The zero-order valence-electron chi connectivity index (χ0n) is 21.6. The van der Waals surface area contributed by atoms with Gasteiger partial charge in [-0.05, 0) is 52.9 Å². The van der Waals surface area contributed by atoms with Crippen LogP contribution >= 0.6 is 15.9 Å². The number of aliphatic hydroxyl groups excluding tert-OH is 1. The van der Waals surface area contributed by atoms with E-state index in [2.05, 4.69) is 15.9 Å². The van der Waals surface area contributed by atoms with Crippen LogP contribution in [0.5, 0.6) is 0 Å². The van der Waals surface area contributed by atoms with Crippen molar-refractivity contribution in [1.29, 1.82) is 0 Å². The van der Waals surface area contributed by atoms with Crippen LogP contribution in [-0.2, 0) is 30.2 Å². The molecule has 2 N–H and O–H groups in total. The third-order valence-corrected chi connectivity index (χ3v) is 7.75. The number of amides is 2. The number of hydrogen-bond donors (Lipinski definition) is 2. The van der Waals surface area contributed by atoms with E-state index in [4.69, 9.17) is 19.3 Å². The van der Waals surface area contributed by atoms with Gasteiger partial charge in [-0.3, -0.25) is 9.59 Å². The summed E-state index contributed by atoms with van der Waals surface area (Å²) in [7, 11) is 0. The van der Waals surface area contributed by atoms with Gasteiger partial charge in [0.15, 0.2) is 11.6 Å². The third kappa shape index (κ3) is 6.64. The predicted octanol–water partition coefficient (Wildman–Crippen LogP) is 3.68. The molecule has 10 heteroatoms. The molecular weight excluding hydrogens is 570 g/mol. The van der Waals surface area contributed by atoms with Crippen molar-refractivity contribution in [2.24, 2.45) is 5.92 Å². The lowest BCUT2D eigenvalue weighted by atomic mass is 9.87. The minimum Gasteiger partial charge on any atom is -0.439 e. The van der Waals surface area contributed by atoms with E-state index in [9.17, 15) is 19.5 Å². The first-order valence-corrected chi connectivity index (χ1v) is 13.7. The van der Waals surface area contributed by atoms with Crippen LogP contribution in [0.1, 0.15) is 37.0 Å². The van der Waals surface area contributed by atoms with Gasteiger partial charge in [-0.1, -0.05) is 60.7 Å². The van der Waals surface area contributed by atoms with E-state index < -0.39 is 47.7 Å². The third-order valence-electron chi connectivity index (χ3n) is 6.90. The SMILES string of the molecule is CC1C(c2ccccc2)OC(=O)N1C(=O)C(Cc1ccccc1)C1OC(O)(CCCOCCO)C(Br)=CC1=O. The molecule has 2 aromatic carbocycles. The highest BCUT2D eigenvalue weighted by Crippen LogP contribution is 2.39. The monoisotopic (exact) mass is 601 g/mol.